The van der Waals surface area contributed by atoms with Crippen molar-refractivity contribution in [2.45, 2.75) is 13.2 Å². The molecular weight excluding hydrogens is 354 g/mol. The number of ether oxygens (including phenoxy) is 1. The van der Waals surface area contributed by atoms with E-state index in [1.165, 1.54) is 0 Å². The third-order valence-corrected chi connectivity index (χ3v) is 3.47. The molecule has 0 unspecified atom stereocenters. The van der Waals surface area contributed by atoms with Gasteiger partial charge in [-0.05, 0) is 29.8 Å². The quantitative estimate of drug-likeness (QED) is 0.869. The number of aliphatic hydroxyl groups excluding tert-OH is 1. The highest BCUT2D eigenvalue weighted by Crippen LogP contribution is 2.27. The second-order valence-corrected chi connectivity index (χ2v) is 5.39. The van der Waals surface area contributed by atoms with Gasteiger partial charge in [-0.3, -0.25) is 0 Å². The summed E-state index contributed by atoms with van der Waals surface area (Å²) in [5, 5.41) is 9.29. The zero-order chi connectivity index (χ0) is 14.7. The van der Waals surface area contributed by atoms with E-state index in [1.54, 1.807) is 18.2 Å². The lowest BCUT2D eigenvalue weighted by Gasteiger charge is -2.10. The Morgan fingerprint density at radius 3 is 2.35 bits per heavy atom. The van der Waals surface area contributed by atoms with E-state index in [0.717, 1.165) is 16.6 Å². The van der Waals surface area contributed by atoms with E-state index >= 15 is 0 Å². The molecule has 0 saturated heterocycles. The van der Waals surface area contributed by atoms with E-state index in [4.69, 9.17) is 21.4 Å². The number of halogens is 4. The first-order valence-corrected chi connectivity index (χ1v) is 6.84. The molecule has 0 aliphatic rings. The molecule has 2 aromatic carbocycles. The lowest BCUT2D eigenvalue weighted by Crippen LogP contribution is -2.02. The number of hydrogen-bond acceptors (Lipinski definition) is 2. The molecule has 0 amide bonds. The van der Waals surface area contributed by atoms with Crippen LogP contribution in [-0.2, 0) is 13.2 Å². The first kappa shape index (κ1) is 15.2. The maximum atomic E-state index is 13.6. The molecule has 20 heavy (non-hydrogen) atoms. The Labute approximate surface area is 128 Å². The van der Waals surface area contributed by atoms with Gasteiger partial charge in [0.2, 0.25) is 0 Å². The van der Waals surface area contributed by atoms with Gasteiger partial charge in [0, 0.05) is 15.1 Å². The van der Waals surface area contributed by atoms with Crippen LogP contribution in [0.4, 0.5) is 8.78 Å². The average Bonchev–Trinajstić information content (AvgIpc) is 2.39. The standard InChI is InChI=1S/C14H10BrClF2O2/c15-10-2-1-9(11(16)5-10)7-20-14-12(17)3-8(6-19)4-13(14)18/h1-5,19H,6-7H2. The molecule has 0 bridgehead atoms. The minimum atomic E-state index is -0.859. The van der Waals surface area contributed by atoms with Gasteiger partial charge in [0.25, 0.3) is 0 Å². The molecule has 2 nitrogen and oxygen atoms in total. The molecule has 0 heterocycles. The van der Waals surface area contributed by atoms with Crippen molar-refractivity contribution < 1.29 is 18.6 Å². The van der Waals surface area contributed by atoms with Gasteiger partial charge in [0.1, 0.15) is 6.61 Å². The number of hydrogen-bond donors (Lipinski definition) is 1. The summed E-state index contributed by atoms with van der Waals surface area (Å²) in [6.07, 6.45) is 0. The molecule has 1 N–H and O–H groups in total. The summed E-state index contributed by atoms with van der Waals surface area (Å²) in [6, 6.07) is 7.18. The van der Waals surface area contributed by atoms with Crippen molar-refractivity contribution in [1.82, 2.24) is 0 Å². The summed E-state index contributed by atoms with van der Waals surface area (Å²) in [7, 11) is 0. The van der Waals surface area contributed by atoms with Crippen molar-refractivity contribution in [2.24, 2.45) is 0 Å². The molecule has 0 aliphatic heterocycles. The van der Waals surface area contributed by atoms with Crippen molar-refractivity contribution in [1.29, 1.82) is 0 Å². The summed E-state index contributed by atoms with van der Waals surface area (Å²) < 4.78 is 33.2. The highest BCUT2D eigenvalue weighted by atomic mass is 79.9. The van der Waals surface area contributed by atoms with E-state index in [9.17, 15) is 8.78 Å². The first-order valence-electron chi connectivity index (χ1n) is 5.66. The molecule has 106 valence electrons. The van der Waals surface area contributed by atoms with Gasteiger partial charge in [-0.2, -0.15) is 0 Å². The van der Waals surface area contributed by atoms with Gasteiger partial charge in [-0.25, -0.2) is 8.78 Å². The van der Waals surface area contributed by atoms with Crippen LogP contribution in [0, 0.1) is 11.6 Å². The molecule has 0 aromatic heterocycles. The second-order valence-electron chi connectivity index (χ2n) is 4.07. The normalized spacial score (nSPS) is 10.7. The number of rotatable bonds is 4. The molecule has 2 rings (SSSR count). The van der Waals surface area contributed by atoms with Gasteiger partial charge in [0.05, 0.1) is 6.61 Å². The van der Waals surface area contributed by atoms with Crippen molar-refractivity contribution in [3.8, 4) is 5.75 Å². The predicted molar refractivity (Wildman–Crippen MR) is 75.8 cm³/mol. The van der Waals surface area contributed by atoms with Gasteiger partial charge in [-0.1, -0.05) is 33.6 Å². The fourth-order valence-electron chi connectivity index (χ4n) is 1.63. The predicted octanol–water partition coefficient (Wildman–Crippen LogP) is 4.45. The third-order valence-electron chi connectivity index (χ3n) is 2.63. The Bertz CT molecular complexity index is 612. The highest BCUT2D eigenvalue weighted by Gasteiger charge is 2.13. The second kappa shape index (κ2) is 6.52. The van der Waals surface area contributed by atoms with Gasteiger partial charge < -0.3 is 9.84 Å². The van der Waals surface area contributed by atoms with Crippen molar-refractivity contribution >= 4 is 27.5 Å². The average molecular weight is 364 g/mol. The van der Waals surface area contributed by atoms with Crippen molar-refractivity contribution in [2.75, 3.05) is 0 Å². The molecule has 0 spiro atoms. The third kappa shape index (κ3) is 3.48. The first-order chi connectivity index (χ1) is 9.51. The number of aliphatic hydroxyl groups is 1. The minimum absolute atomic E-state index is 0.0571. The molecule has 0 saturated carbocycles. The van der Waals surface area contributed by atoms with Crippen LogP contribution in [0.15, 0.2) is 34.8 Å². The van der Waals surface area contributed by atoms with Crippen LogP contribution in [0.1, 0.15) is 11.1 Å². The Balaban J connectivity index is 2.19. The zero-order valence-electron chi connectivity index (χ0n) is 10.2. The van der Waals surface area contributed by atoms with E-state index < -0.39 is 24.0 Å². The fraction of sp³-hybridized carbons (Fsp3) is 0.143. The Morgan fingerprint density at radius 1 is 1.15 bits per heavy atom. The topological polar surface area (TPSA) is 29.5 Å². The maximum Gasteiger partial charge on any atom is 0.191 e. The van der Waals surface area contributed by atoms with Crippen LogP contribution in [0.3, 0.4) is 0 Å². The molecule has 0 fully saturated rings. The lowest BCUT2D eigenvalue weighted by atomic mass is 10.2. The SMILES string of the molecule is OCc1cc(F)c(OCc2ccc(Br)cc2Cl)c(F)c1. The van der Waals surface area contributed by atoms with Crippen LogP contribution in [-0.4, -0.2) is 5.11 Å². The fourth-order valence-corrected chi connectivity index (χ4v) is 2.36. The Kier molecular flexibility index (Phi) is 4.96. The monoisotopic (exact) mass is 362 g/mol. The van der Waals surface area contributed by atoms with Crippen molar-refractivity contribution in [3.05, 3.63) is 62.6 Å². The van der Waals surface area contributed by atoms with E-state index in [1.807, 2.05) is 0 Å². The molecule has 6 heteroatoms. The van der Waals surface area contributed by atoms with Crippen LogP contribution in [0.2, 0.25) is 5.02 Å². The summed E-state index contributed by atoms with van der Waals surface area (Å²) in [4.78, 5) is 0. The Morgan fingerprint density at radius 2 is 1.80 bits per heavy atom. The van der Waals surface area contributed by atoms with Crippen LogP contribution < -0.4 is 4.74 Å². The summed E-state index contributed by atoms with van der Waals surface area (Å²) in [5.41, 5.74) is 0.758. The van der Waals surface area contributed by atoms with E-state index in [2.05, 4.69) is 15.9 Å². The Hall–Kier alpha value is -1.17. The van der Waals surface area contributed by atoms with Crippen LogP contribution >= 0.6 is 27.5 Å². The lowest BCUT2D eigenvalue weighted by molar-refractivity contribution is 0.266. The van der Waals surface area contributed by atoms with Crippen LogP contribution in [0.5, 0.6) is 5.75 Å². The molecule has 2 aromatic rings. The van der Waals surface area contributed by atoms with Gasteiger partial charge >= 0.3 is 0 Å². The largest absolute Gasteiger partial charge is 0.483 e. The van der Waals surface area contributed by atoms with Crippen LogP contribution in [0.25, 0.3) is 0 Å². The molecule has 0 radical (unpaired) electrons. The van der Waals surface area contributed by atoms with E-state index in [-0.39, 0.29) is 12.2 Å². The maximum absolute atomic E-state index is 13.6. The van der Waals surface area contributed by atoms with Gasteiger partial charge in [0.15, 0.2) is 17.4 Å². The van der Waals surface area contributed by atoms with E-state index in [0.29, 0.717) is 10.6 Å². The van der Waals surface area contributed by atoms with Crippen molar-refractivity contribution in [3.63, 3.8) is 0 Å². The summed E-state index contributed by atoms with van der Waals surface area (Å²) >= 11 is 9.25. The minimum Gasteiger partial charge on any atom is -0.483 e. The van der Waals surface area contributed by atoms with Gasteiger partial charge in [-0.15, -0.1) is 0 Å². The smallest absolute Gasteiger partial charge is 0.191 e. The zero-order valence-corrected chi connectivity index (χ0v) is 12.5. The highest BCUT2D eigenvalue weighted by molar-refractivity contribution is 9.10. The number of benzene rings is 2. The molecular formula is C14H10BrClF2O2. The summed E-state index contributed by atoms with van der Waals surface area (Å²) in [5.74, 6) is -2.20. The molecule has 0 atom stereocenters. The molecule has 0 aliphatic carbocycles. The summed E-state index contributed by atoms with van der Waals surface area (Å²) in [6.45, 7) is -0.495.